The Labute approximate surface area is 185 Å². The number of thioether (sulfide) groups is 1. The first-order valence-electron chi connectivity index (χ1n) is 10.2. The second kappa shape index (κ2) is 8.04. The molecule has 154 valence electrons. The van der Waals surface area contributed by atoms with Gasteiger partial charge >= 0.3 is 0 Å². The molecule has 0 amide bonds. The molecular weight excluding hydrogens is 402 g/mol. The van der Waals surface area contributed by atoms with Crippen molar-refractivity contribution in [2.75, 3.05) is 0 Å². The van der Waals surface area contributed by atoms with Crippen molar-refractivity contribution in [3.05, 3.63) is 95.4 Å². The highest BCUT2D eigenvalue weighted by Crippen LogP contribution is 2.30. The van der Waals surface area contributed by atoms with Crippen molar-refractivity contribution < 1.29 is 0 Å². The highest BCUT2D eigenvalue weighted by atomic mass is 32.2. The van der Waals surface area contributed by atoms with Crippen molar-refractivity contribution in [2.45, 2.75) is 31.7 Å². The quantitative estimate of drug-likeness (QED) is 0.334. The lowest BCUT2D eigenvalue weighted by molar-refractivity contribution is 0.884. The number of rotatable bonds is 5. The summed E-state index contributed by atoms with van der Waals surface area (Å²) in [5.41, 5.74) is 7.83. The fourth-order valence-corrected chi connectivity index (χ4v) is 4.43. The van der Waals surface area contributed by atoms with Gasteiger partial charge in [-0.05, 0) is 55.7 Å². The maximum absolute atomic E-state index is 4.75. The summed E-state index contributed by atoms with van der Waals surface area (Å²) in [7, 11) is 0. The maximum atomic E-state index is 4.75. The van der Waals surface area contributed by atoms with Crippen molar-refractivity contribution in [1.82, 2.24) is 24.1 Å². The van der Waals surface area contributed by atoms with E-state index in [4.69, 9.17) is 4.98 Å². The van der Waals surface area contributed by atoms with Crippen molar-refractivity contribution in [3.8, 4) is 17.1 Å². The molecule has 5 nitrogen and oxygen atoms in total. The number of imidazole rings is 1. The number of hydrogen-bond donors (Lipinski definition) is 0. The van der Waals surface area contributed by atoms with E-state index in [1.807, 2.05) is 18.2 Å². The van der Waals surface area contributed by atoms with Crippen molar-refractivity contribution in [3.63, 3.8) is 0 Å². The third-order valence-corrected chi connectivity index (χ3v) is 6.37. The van der Waals surface area contributed by atoms with Crippen LogP contribution >= 0.6 is 11.8 Å². The SMILES string of the molecule is Cc1ccc2nc(CSc3nnc(-c4ccccc4)n3-c3ccc(C)c(C)c3)cn2c1. The number of aromatic nitrogens is 5. The Morgan fingerprint density at radius 3 is 2.48 bits per heavy atom. The second-order valence-corrected chi connectivity index (χ2v) is 8.71. The van der Waals surface area contributed by atoms with Gasteiger partial charge in [-0.15, -0.1) is 10.2 Å². The summed E-state index contributed by atoms with van der Waals surface area (Å²) in [6.45, 7) is 6.35. The minimum atomic E-state index is 0.721. The number of pyridine rings is 1. The van der Waals surface area contributed by atoms with Gasteiger partial charge in [-0.1, -0.05) is 54.2 Å². The van der Waals surface area contributed by atoms with E-state index >= 15 is 0 Å². The Hall–Kier alpha value is -3.38. The van der Waals surface area contributed by atoms with Gasteiger partial charge in [-0.25, -0.2) is 4.98 Å². The van der Waals surface area contributed by atoms with E-state index < -0.39 is 0 Å². The summed E-state index contributed by atoms with van der Waals surface area (Å²) >= 11 is 1.65. The predicted molar refractivity (Wildman–Crippen MR) is 126 cm³/mol. The molecule has 0 radical (unpaired) electrons. The molecule has 0 aliphatic rings. The Morgan fingerprint density at radius 2 is 1.68 bits per heavy atom. The van der Waals surface area contributed by atoms with Crippen LogP contribution in [0.1, 0.15) is 22.4 Å². The summed E-state index contributed by atoms with van der Waals surface area (Å²) in [6, 6.07) is 20.8. The molecule has 31 heavy (non-hydrogen) atoms. The first-order valence-corrected chi connectivity index (χ1v) is 11.2. The number of benzene rings is 2. The molecular formula is C25H23N5S. The molecule has 0 saturated heterocycles. The van der Waals surface area contributed by atoms with Gasteiger partial charge in [0.25, 0.3) is 0 Å². The van der Waals surface area contributed by atoms with Crippen LogP contribution in [0.3, 0.4) is 0 Å². The zero-order valence-corrected chi connectivity index (χ0v) is 18.6. The fraction of sp³-hybridized carbons (Fsp3) is 0.160. The van der Waals surface area contributed by atoms with Crippen molar-refractivity contribution in [2.24, 2.45) is 0 Å². The smallest absolute Gasteiger partial charge is 0.196 e. The maximum Gasteiger partial charge on any atom is 0.196 e. The Kier molecular flexibility index (Phi) is 5.08. The van der Waals surface area contributed by atoms with E-state index in [9.17, 15) is 0 Å². The molecule has 5 rings (SSSR count). The van der Waals surface area contributed by atoms with E-state index in [1.165, 1.54) is 16.7 Å². The van der Waals surface area contributed by atoms with Gasteiger partial charge in [0.2, 0.25) is 0 Å². The summed E-state index contributed by atoms with van der Waals surface area (Å²) in [5.74, 6) is 1.57. The molecule has 0 fully saturated rings. The molecule has 2 aromatic carbocycles. The lowest BCUT2D eigenvalue weighted by Crippen LogP contribution is -2.01. The minimum Gasteiger partial charge on any atom is -0.307 e. The van der Waals surface area contributed by atoms with Crippen LogP contribution in [-0.4, -0.2) is 24.1 Å². The van der Waals surface area contributed by atoms with E-state index in [-0.39, 0.29) is 0 Å². The fourth-order valence-electron chi connectivity index (χ4n) is 3.60. The van der Waals surface area contributed by atoms with Gasteiger partial charge < -0.3 is 4.40 Å². The third kappa shape index (κ3) is 3.86. The van der Waals surface area contributed by atoms with Crippen LogP contribution in [0.2, 0.25) is 0 Å². The third-order valence-electron chi connectivity index (χ3n) is 5.41. The highest BCUT2D eigenvalue weighted by molar-refractivity contribution is 7.98. The van der Waals surface area contributed by atoms with Gasteiger partial charge in [0.05, 0.1) is 11.4 Å². The topological polar surface area (TPSA) is 48.0 Å². The first kappa shape index (κ1) is 19.6. The molecule has 0 aliphatic carbocycles. The van der Waals surface area contributed by atoms with Gasteiger partial charge in [-0.2, -0.15) is 0 Å². The molecule has 3 aromatic heterocycles. The molecule has 0 aliphatic heterocycles. The first-order chi connectivity index (χ1) is 15.1. The summed E-state index contributed by atoms with van der Waals surface area (Å²) in [6.07, 6.45) is 4.19. The molecule has 6 heteroatoms. The van der Waals surface area contributed by atoms with Crippen LogP contribution in [0.5, 0.6) is 0 Å². The van der Waals surface area contributed by atoms with Crippen LogP contribution in [0.4, 0.5) is 0 Å². The van der Waals surface area contributed by atoms with E-state index in [1.54, 1.807) is 11.8 Å². The van der Waals surface area contributed by atoms with E-state index in [2.05, 4.69) is 94.8 Å². The van der Waals surface area contributed by atoms with E-state index in [0.717, 1.165) is 39.3 Å². The van der Waals surface area contributed by atoms with Crippen LogP contribution < -0.4 is 0 Å². The van der Waals surface area contributed by atoms with Crippen LogP contribution in [0, 0.1) is 20.8 Å². The second-order valence-electron chi connectivity index (χ2n) is 7.77. The van der Waals surface area contributed by atoms with Crippen LogP contribution in [-0.2, 0) is 5.75 Å². The Morgan fingerprint density at radius 1 is 0.839 bits per heavy atom. The molecule has 0 N–H and O–H groups in total. The number of fused-ring (bicyclic) bond motifs is 1. The average molecular weight is 426 g/mol. The lowest BCUT2D eigenvalue weighted by Gasteiger charge is -2.12. The largest absolute Gasteiger partial charge is 0.307 e. The molecule has 5 aromatic rings. The zero-order chi connectivity index (χ0) is 21.4. The predicted octanol–water partition coefficient (Wildman–Crippen LogP) is 5.80. The lowest BCUT2D eigenvalue weighted by atomic mass is 10.1. The summed E-state index contributed by atoms with van der Waals surface area (Å²) in [4.78, 5) is 4.75. The minimum absolute atomic E-state index is 0.721. The number of hydrogen-bond acceptors (Lipinski definition) is 4. The van der Waals surface area contributed by atoms with Crippen molar-refractivity contribution >= 4 is 17.4 Å². The van der Waals surface area contributed by atoms with Gasteiger partial charge in [0.15, 0.2) is 11.0 Å². The number of nitrogens with zero attached hydrogens (tertiary/aromatic N) is 5. The monoisotopic (exact) mass is 425 g/mol. The molecule has 0 bridgehead atoms. The molecule has 3 heterocycles. The number of aryl methyl sites for hydroxylation is 3. The Balaban J connectivity index is 1.53. The molecule has 0 saturated carbocycles. The molecule has 0 unspecified atom stereocenters. The van der Waals surface area contributed by atoms with Crippen LogP contribution in [0.15, 0.2) is 78.2 Å². The normalized spacial score (nSPS) is 11.3. The highest BCUT2D eigenvalue weighted by Gasteiger charge is 2.17. The molecule has 0 spiro atoms. The van der Waals surface area contributed by atoms with Crippen molar-refractivity contribution in [1.29, 1.82) is 0 Å². The standard InChI is InChI=1S/C25H23N5S/c1-17-9-12-23-26-21(15-29(23)14-17)16-31-25-28-27-24(20-7-5-4-6-8-20)30(25)22-11-10-18(2)19(3)13-22/h4-15H,16H2,1-3H3. The molecule has 0 atom stereocenters. The zero-order valence-electron chi connectivity index (χ0n) is 17.8. The summed E-state index contributed by atoms with van der Waals surface area (Å²) < 4.78 is 4.22. The van der Waals surface area contributed by atoms with Gasteiger partial charge in [0, 0.05) is 23.7 Å². The van der Waals surface area contributed by atoms with Crippen LogP contribution in [0.25, 0.3) is 22.7 Å². The van der Waals surface area contributed by atoms with E-state index in [0.29, 0.717) is 0 Å². The Bertz CT molecular complexity index is 1370. The summed E-state index contributed by atoms with van der Waals surface area (Å²) in [5, 5.41) is 9.95. The van der Waals surface area contributed by atoms with Gasteiger partial charge in [-0.3, -0.25) is 4.57 Å². The van der Waals surface area contributed by atoms with Gasteiger partial charge in [0.1, 0.15) is 5.65 Å². The average Bonchev–Trinajstić information content (AvgIpc) is 3.38.